The third-order valence-corrected chi connectivity index (χ3v) is 3.11. The Bertz CT molecular complexity index is 398. The fourth-order valence-corrected chi connectivity index (χ4v) is 2.13. The molecule has 0 amide bonds. The summed E-state index contributed by atoms with van der Waals surface area (Å²) in [7, 11) is 0. The number of hydrogen-bond acceptors (Lipinski definition) is 1. The van der Waals surface area contributed by atoms with Crippen molar-refractivity contribution in [2.45, 2.75) is 12.8 Å². The maximum atomic E-state index is 2.25. The van der Waals surface area contributed by atoms with E-state index in [4.69, 9.17) is 0 Å². The highest BCUT2D eigenvalue weighted by atomic mass is 32.1. The molecule has 1 aromatic heterocycles. The molecule has 1 heteroatoms. The Morgan fingerprint density at radius 3 is 2.60 bits per heavy atom. The maximum absolute atomic E-state index is 2.25. The zero-order valence-electron chi connectivity index (χ0n) is 8.60. The van der Waals surface area contributed by atoms with E-state index in [2.05, 4.69) is 60.0 Å². The zero-order chi connectivity index (χ0) is 10.3. The van der Waals surface area contributed by atoms with Gasteiger partial charge < -0.3 is 0 Å². The molecule has 0 radical (unpaired) electrons. The smallest absolute Gasteiger partial charge is 0.0267 e. The summed E-state index contributed by atoms with van der Waals surface area (Å²) in [6.07, 6.45) is 6.69. The first-order valence-electron chi connectivity index (χ1n) is 5.19. The highest BCUT2D eigenvalue weighted by Gasteiger charge is 1.89. The van der Waals surface area contributed by atoms with Crippen LogP contribution in [-0.2, 0) is 6.42 Å². The second kappa shape index (κ2) is 5.52. The maximum Gasteiger partial charge on any atom is 0.0267 e. The van der Waals surface area contributed by atoms with E-state index in [-0.39, 0.29) is 0 Å². The Balaban J connectivity index is 1.80. The van der Waals surface area contributed by atoms with E-state index in [0.29, 0.717) is 0 Å². The van der Waals surface area contributed by atoms with Crippen LogP contribution in [0.1, 0.15) is 16.9 Å². The molecule has 0 saturated carbocycles. The lowest BCUT2D eigenvalue weighted by molar-refractivity contribution is 1.01. The predicted octanol–water partition coefficient (Wildman–Crippen LogP) is 4.39. The molecule has 0 fully saturated rings. The van der Waals surface area contributed by atoms with E-state index < -0.39 is 0 Å². The van der Waals surface area contributed by atoms with Gasteiger partial charge in [0.15, 0.2) is 0 Å². The Kier molecular flexibility index (Phi) is 3.75. The van der Waals surface area contributed by atoms with Crippen LogP contribution >= 0.6 is 11.3 Å². The van der Waals surface area contributed by atoms with Gasteiger partial charge in [0.2, 0.25) is 0 Å². The molecule has 0 spiro atoms. The minimum Gasteiger partial charge on any atom is -0.144 e. The first kappa shape index (κ1) is 10.2. The second-order valence-corrected chi connectivity index (χ2v) is 4.42. The fourth-order valence-electron chi connectivity index (χ4n) is 1.48. The molecule has 0 aliphatic carbocycles. The summed E-state index contributed by atoms with van der Waals surface area (Å²) in [5, 5.41) is 2.11. The van der Waals surface area contributed by atoms with E-state index in [0.717, 1.165) is 12.8 Å². The number of thiophene rings is 1. The molecule has 0 nitrogen and oxygen atoms in total. The Morgan fingerprint density at radius 2 is 1.87 bits per heavy atom. The molecule has 2 aromatic rings. The third kappa shape index (κ3) is 3.37. The number of aryl methyl sites for hydroxylation is 1. The van der Waals surface area contributed by atoms with Crippen LogP contribution in [0, 0.1) is 0 Å². The van der Waals surface area contributed by atoms with Gasteiger partial charge in [0, 0.05) is 4.88 Å². The summed E-state index contributed by atoms with van der Waals surface area (Å²) in [4.78, 5) is 1.34. The van der Waals surface area contributed by atoms with Crippen LogP contribution in [0.3, 0.4) is 0 Å². The van der Waals surface area contributed by atoms with Crippen LogP contribution in [0.4, 0.5) is 0 Å². The molecule has 1 aromatic carbocycles. The standard InChI is InChI=1S/C14H14S/c1-2-7-13(8-3-1)9-4-5-10-14-11-6-12-15-14/h1-3,5-8,10-12H,4,9H2/b10-5+. The molecular weight excluding hydrogens is 200 g/mol. The summed E-state index contributed by atoms with van der Waals surface area (Å²) in [5.74, 6) is 0. The molecule has 1 heterocycles. The molecule has 0 aliphatic rings. The molecule has 0 aliphatic heterocycles. The average Bonchev–Trinajstić information content (AvgIpc) is 2.79. The van der Waals surface area contributed by atoms with Gasteiger partial charge in [-0.25, -0.2) is 0 Å². The van der Waals surface area contributed by atoms with Crippen LogP contribution in [0.5, 0.6) is 0 Å². The molecule has 0 N–H and O–H groups in total. The van der Waals surface area contributed by atoms with Crippen LogP contribution in [0.2, 0.25) is 0 Å². The summed E-state index contributed by atoms with van der Waals surface area (Å²) in [5.41, 5.74) is 1.41. The van der Waals surface area contributed by atoms with Gasteiger partial charge in [0.1, 0.15) is 0 Å². The quantitative estimate of drug-likeness (QED) is 0.708. The number of benzene rings is 1. The van der Waals surface area contributed by atoms with Gasteiger partial charge >= 0.3 is 0 Å². The van der Waals surface area contributed by atoms with Crippen molar-refractivity contribution in [3.05, 3.63) is 64.4 Å². The average molecular weight is 214 g/mol. The van der Waals surface area contributed by atoms with Crippen LogP contribution in [0.25, 0.3) is 6.08 Å². The molecule has 0 bridgehead atoms. The Labute approximate surface area is 94.9 Å². The minimum absolute atomic E-state index is 1.11. The van der Waals surface area contributed by atoms with E-state index in [1.54, 1.807) is 11.3 Å². The molecule has 0 atom stereocenters. The van der Waals surface area contributed by atoms with E-state index in [9.17, 15) is 0 Å². The van der Waals surface area contributed by atoms with Gasteiger partial charge in [-0.2, -0.15) is 0 Å². The predicted molar refractivity (Wildman–Crippen MR) is 68.1 cm³/mol. The largest absolute Gasteiger partial charge is 0.144 e. The molecule has 0 saturated heterocycles. The van der Waals surface area contributed by atoms with Gasteiger partial charge in [0.25, 0.3) is 0 Å². The Hall–Kier alpha value is -1.34. The summed E-state index contributed by atoms with van der Waals surface area (Å²) >= 11 is 1.78. The second-order valence-electron chi connectivity index (χ2n) is 3.44. The third-order valence-electron chi connectivity index (χ3n) is 2.27. The van der Waals surface area contributed by atoms with Crippen molar-refractivity contribution in [3.8, 4) is 0 Å². The Morgan fingerprint density at radius 1 is 1.00 bits per heavy atom. The molecule has 15 heavy (non-hydrogen) atoms. The number of allylic oxidation sites excluding steroid dienone is 1. The van der Waals surface area contributed by atoms with Crippen molar-refractivity contribution in [2.24, 2.45) is 0 Å². The topological polar surface area (TPSA) is 0 Å². The molecular formula is C14H14S. The summed E-state index contributed by atoms with van der Waals surface area (Å²) in [6, 6.07) is 14.8. The minimum atomic E-state index is 1.11. The van der Waals surface area contributed by atoms with Crippen molar-refractivity contribution < 1.29 is 0 Å². The molecule has 2 rings (SSSR count). The van der Waals surface area contributed by atoms with Crippen molar-refractivity contribution in [2.75, 3.05) is 0 Å². The van der Waals surface area contributed by atoms with Crippen LogP contribution in [-0.4, -0.2) is 0 Å². The van der Waals surface area contributed by atoms with Gasteiger partial charge in [-0.05, 0) is 35.9 Å². The monoisotopic (exact) mass is 214 g/mol. The van der Waals surface area contributed by atoms with Crippen LogP contribution in [0.15, 0.2) is 53.9 Å². The number of rotatable bonds is 4. The molecule has 76 valence electrons. The lowest BCUT2D eigenvalue weighted by Crippen LogP contribution is -1.80. The SMILES string of the molecule is C(=C\c1cccs1)/CCc1ccccc1. The van der Waals surface area contributed by atoms with Crippen molar-refractivity contribution in [1.29, 1.82) is 0 Å². The lowest BCUT2D eigenvalue weighted by atomic mass is 10.1. The van der Waals surface area contributed by atoms with Gasteiger partial charge in [-0.1, -0.05) is 42.5 Å². The van der Waals surface area contributed by atoms with E-state index in [1.807, 2.05) is 0 Å². The first-order chi connectivity index (χ1) is 7.45. The van der Waals surface area contributed by atoms with E-state index >= 15 is 0 Å². The van der Waals surface area contributed by atoms with E-state index in [1.165, 1.54) is 10.4 Å². The van der Waals surface area contributed by atoms with Gasteiger partial charge in [0.05, 0.1) is 0 Å². The fraction of sp³-hybridized carbons (Fsp3) is 0.143. The number of hydrogen-bond donors (Lipinski definition) is 0. The van der Waals surface area contributed by atoms with Crippen LogP contribution < -0.4 is 0 Å². The van der Waals surface area contributed by atoms with Crippen molar-refractivity contribution >= 4 is 17.4 Å². The normalized spacial score (nSPS) is 10.9. The first-order valence-corrected chi connectivity index (χ1v) is 6.07. The summed E-state index contributed by atoms with van der Waals surface area (Å²) in [6.45, 7) is 0. The van der Waals surface area contributed by atoms with Crippen molar-refractivity contribution in [3.63, 3.8) is 0 Å². The summed E-state index contributed by atoms with van der Waals surface area (Å²) < 4.78 is 0. The zero-order valence-corrected chi connectivity index (χ0v) is 9.41. The van der Waals surface area contributed by atoms with Crippen molar-refractivity contribution in [1.82, 2.24) is 0 Å². The van der Waals surface area contributed by atoms with Gasteiger partial charge in [-0.15, -0.1) is 11.3 Å². The lowest BCUT2D eigenvalue weighted by Gasteiger charge is -1.95. The highest BCUT2D eigenvalue weighted by molar-refractivity contribution is 7.10. The molecule has 0 unspecified atom stereocenters. The van der Waals surface area contributed by atoms with Gasteiger partial charge in [-0.3, -0.25) is 0 Å². The highest BCUT2D eigenvalue weighted by Crippen LogP contribution is 2.11.